The molecular formula is C9H8N4O2. The van der Waals surface area contributed by atoms with Crippen molar-refractivity contribution in [3.05, 3.63) is 36.2 Å². The summed E-state index contributed by atoms with van der Waals surface area (Å²) in [6, 6.07) is 5.05. The highest BCUT2D eigenvalue weighted by Crippen LogP contribution is 2.03. The third-order valence-corrected chi connectivity index (χ3v) is 1.40. The van der Waals surface area contributed by atoms with Crippen molar-refractivity contribution in [2.45, 2.75) is 0 Å². The summed E-state index contributed by atoms with van der Waals surface area (Å²) in [4.78, 5) is 14.0. The van der Waals surface area contributed by atoms with Crippen LogP contribution in [0.5, 0.6) is 0 Å². The van der Waals surface area contributed by atoms with E-state index in [4.69, 9.17) is 10.4 Å². The quantitative estimate of drug-likeness (QED) is 0.487. The van der Waals surface area contributed by atoms with Crippen molar-refractivity contribution in [1.29, 1.82) is 5.26 Å². The molecule has 0 fully saturated rings. The lowest BCUT2D eigenvalue weighted by Crippen LogP contribution is -2.15. The number of pyridine rings is 1. The smallest absolute Gasteiger partial charge is 0.329 e. The van der Waals surface area contributed by atoms with E-state index in [0.29, 0.717) is 11.4 Å². The van der Waals surface area contributed by atoms with Gasteiger partial charge in [0.15, 0.2) is 0 Å². The van der Waals surface area contributed by atoms with Crippen molar-refractivity contribution < 1.29 is 9.90 Å². The summed E-state index contributed by atoms with van der Waals surface area (Å²) in [5, 5.41) is 16.9. The molecule has 0 aliphatic carbocycles. The average Bonchev–Trinajstić information content (AvgIpc) is 2.24. The Balaban J connectivity index is 2.51. The average molecular weight is 204 g/mol. The van der Waals surface area contributed by atoms with E-state index in [9.17, 15) is 4.79 Å². The van der Waals surface area contributed by atoms with E-state index in [1.54, 1.807) is 6.07 Å². The number of nitrogens with one attached hydrogen (secondary N) is 2. The van der Waals surface area contributed by atoms with E-state index >= 15 is 0 Å². The van der Waals surface area contributed by atoms with Gasteiger partial charge in [-0.1, -0.05) is 0 Å². The summed E-state index contributed by atoms with van der Waals surface area (Å²) in [7, 11) is 0. The molecule has 1 rings (SSSR count). The lowest BCUT2D eigenvalue weighted by molar-refractivity contribution is -0.131. The van der Waals surface area contributed by atoms with Crippen molar-refractivity contribution in [2.24, 2.45) is 0 Å². The Morgan fingerprint density at radius 2 is 2.47 bits per heavy atom. The number of nitrogens with zero attached hydrogens (tertiary/aromatic N) is 2. The molecule has 1 aromatic heterocycles. The Bertz CT molecular complexity index is 422. The van der Waals surface area contributed by atoms with E-state index < -0.39 is 5.97 Å². The molecule has 0 aliphatic rings. The van der Waals surface area contributed by atoms with Crippen molar-refractivity contribution in [3.63, 3.8) is 0 Å². The molecule has 0 aromatic carbocycles. The SMILES string of the molecule is N#Cc1ccnc(NNC=CC(=O)O)c1. The van der Waals surface area contributed by atoms with Crippen molar-refractivity contribution in [2.75, 3.05) is 5.43 Å². The number of carboxylic acids is 1. The number of aliphatic carboxylic acids is 1. The Morgan fingerprint density at radius 1 is 1.67 bits per heavy atom. The maximum absolute atomic E-state index is 10.1. The largest absolute Gasteiger partial charge is 0.478 e. The maximum atomic E-state index is 10.1. The van der Waals surface area contributed by atoms with E-state index in [1.165, 1.54) is 18.5 Å². The maximum Gasteiger partial charge on any atom is 0.329 e. The van der Waals surface area contributed by atoms with Crippen LogP contribution in [0.25, 0.3) is 0 Å². The molecule has 76 valence electrons. The van der Waals surface area contributed by atoms with Crippen LogP contribution in [-0.4, -0.2) is 16.1 Å². The third kappa shape index (κ3) is 3.78. The number of aromatic nitrogens is 1. The predicted octanol–water partition coefficient (Wildman–Crippen LogP) is 0.468. The Kier molecular flexibility index (Phi) is 3.68. The van der Waals surface area contributed by atoms with E-state index in [0.717, 1.165) is 6.08 Å². The van der Waals surface area contributed by atoms with Gasteiger partial charge in [0.05, 0.1) is 11.6 Å². The predicted molar refractivity (Wildman–Crippen MR) is 52.5 cm³/mol. The van der Waals surface area contributed by atoms with Gasteiger partial charge in [-0.2, -0.15) is 5.26 Å². The van der Waals surface area contributed by atoms with Crippen LogP contribution in [0.15, 0.2) is 30.6 Å². The molecule has 15 heavy (non-hydrogen) atoms. The van der Waals surface area contributed by atoms with Gasteiger partial charge in [0, 0.05) is 18.5 Å². The molecule has 0 atom stereocenters. The van der Waals surface area contributed by atoms with Crippen molar-refractivity contribution in [1.82, 2.24) is 10.4 Å². The van der Waals surface area contributed by atoms with Crippen molar-refractivity contribution in [3.8, 4) is 6.07 Å². The summed E-state index contributed by atoms with van der Waals surface area (Å²) < 4.78 is 0. The number of carboxylic acid groups (broad SMARTS) is 1. The second-order valence-electron chi connectivity index (χ2n) is 2.48. The molecule has 0 bridgehead atoms. The molecule has 0 spiro atoms. The molecule has 0 unspecified atom stereocenters. The van der Waals surface area contributed by atoms with Gasteiger partial charge in [-0.3, -0.25) is 5.43 Å². The van der Waals surface area contributed by atoms with Gasteiger partial charge >= 0.3 is 5.97 Å². The highest BCUT2D eigenvalue weighted by molar-refractivity contribution is 5.79. The molecule has 0 aliphatic heterocycles. The summed E-state index contributed by atoms with van der Waals surface area (Å²) in [6.45, 7) is 0. The fourth-order valence-corrected chi connectivity index (χ4v) is 0.797. The molecular weight excluding hydrogens is 196 g/mol. The van der Waals surface area contributed by atoms with Gasteiger partial charge in [0.25, 0.3) is 0 Å². The molecule has 0 saturated heterocycles. The van der Waals surface area contributed by atoms with Gasteiger partial charge in [0.2, 0.25) is 0 Å². The summed E-state index contributed by atoms with van der Waals surface area (Å²) in [5.74, 6) is -0.618. The van der Waals surface area contributed by atoms with Crippen LogP contribution in [0, 0.1) is 11.3 Å². The highest BCUT2D eigenvalue weighted by atomic mass is 16.4. The molecule has 0 amide bonds. The molecule has 3 N–H and O–H groups in total. The van der Waals surface area contributed by atoms with E-state index in [-0.39, 0.29) is 0 Å². The lowest BCUT2D eigenvalue weighted by Gasteiger charge is -2.03. The summed E-state index contributed by atoms with van der Waals surface area (Å²) in [5.41, 5.74) is 5.58. The van der Waals surface area contributed by atoms with Crippen LogP contribution in [-0.2, 0) is 4.79 Å². The van der Waals surface area contributed by atoms with Crippen LogP contribution >= 0.6 is 0 Å². The summed E-state index contributed by atoms with van der Waals surface area (Å²) >= 11 is 0. The van der Waals surface area contributed by atoms with Gasteiger partial charge in [-0.05, 0) is 12.1 Å². The van der Waals surface area contributed by atoms with Crippen molar-refractivity contribution >= 4 is 11.8 Å². The second-order valence-corrected chi connectivity index (χ2v) is 2.48. The molecule has 6 heteroatoms. The second kappa shape index (κ2) is 5.24. The van der Waals surface area contributed by atoms with Gasteiger partial charge in [-0.15, -0.1) is 0 Å². The zero-order valence-electron chi connectivity index (χ0n) is 7.64. The Hall–Kier alpha value is -2.55. The normalized spacial score (nSPS) is 9.53. The van der Waals surface area contributed by atoms with Crippen LogP contribution < -0.4 is 10.9 Å². The monoisotopic (exact) mass is 204 g/mol. The zero-order chi connectivity index (χ0) is 11.1. The minimum Gasteiger partial charge on any atom is -0.478 e. The fourth-order valence-electron chi connectivity index (χ4n) is 0.797. The lowest BCUT2D eigenvalue weighted by atomic mass is 10.3. The Morgan fingerprint density at radius 3 is 3.13 bits per heavy atom. The molecule has 1 aromatic rings. The first-order valence-corrected chi connectivity index (χ1v) is 3.99. The highest BCUT2D eigenvalue weighted by Gasteiger charge is 1.93. The topological polar surface area (TPSA) is 98.0 Å². The number of hydrogen-bond donors (Lipinski definition) is 3. The number of nitriles is 1. The number of rotatable bonds is 4. The van der Waals surface area contributed by atoms with Crippen LogP contribution in [0.3, 0.4) is 0 Å². The molecule has 0 radical (unpaired) electrons. The van der Waals surface area contributed by atoms with Crippen LogP contribution in [0.1, 0.15) is 5.56 Å². The molecule has 6 nitrogen and oxygen atoms in total. The molecule has 1 heterocycles. The van der Waals surface area contributed by atoms with Crippen LogP contribution in [0.2, 0.25) is 0 Å². The van der Waals surface area contributed by atoms with Gasteiger partial charge < -0.3 is 10.5 Å². The van der Waals surface area contributed by atoms with Gasteiger partial charge in [-0.25, -0.2) is 9.78 Å². The standard InChI is InChI=1S/C9H8N4O2/c10-6-7-1-3-11-8(5-7)13-12-4-2-9(14)15/h1-5,12H,(H,11,13)(H,14,15). The summed E-state index contributed by atoms with van der Waals surface area (Å²) in [6.07, 6.45) is 3.62. The van der Waals surface area contributed by atoms with E-state index in [2.05, 4.69) is 15.8 Å². The number of anilines is 1. The third-order valence-electron chi connectivity index (χ3n) is 1.40. The van der Waals surface area contributed by atoms with E-state index in [1.807, 2.05) is 6.07 Å². The Labute approximate surface area is 85.8 Å². The number of hydrazine groups is 1. The minimum atomic E-state index is -1.05. The first kappa shape index (κ1) is 10.5. The minimum absolute atomic E-state index is 0.434. The van der Waals surface area contributed by atoms with Gasteiger partial charge in [0.1, 0.15) is 5.82 Å². The fraction of sp³-hybridized carbons (Fsp3) is 0. The number of hydrogen-bond acceptors (Lipinski definition) is 5. The first-order chi connectivity index (χ1) is 7.22. The number of carbonyl (C=O) groups is 1. The van der Waals surface area contributed by atoms with Crippen LogP contribution in [0.4, 0.5) is 5.82 Å². The molecule has 0 saturated carbocycles. The zero-order valence-corrected chi connectivity index (χ0v) is 7.64. The first-order valence-electron chi connectivity index (χ1n) is 3.99.